The lowest BCUT2D eigenvalue weighted by Gasteiger charge is -2.21. The van der Waals surface area contributed by atoms with Crippen molar-refractivity contribution in [1.29, 1.82) is 0 Å². The highest BCUT2D eigenvalue weighted by molar-refractivity contribution is 7.99. The molecule has 0 N–H and O–H groups in total. The molecule has 0 amide bonds. The van der Waals surface area contributed by atoms with Crippen molar-refractivity contribution >= 4 is 11.8 Å². The Morgan fingerprint density at radius 1 is 1.50 bits per heavy atom. The van der Waals surface area contributed by atoms with Gasteiger partial charge in [-0.05, 0) is 31.6 Å². The van der Waals surface area contributed by atoms with Crippen LogP contribution in [0.2, 0.25) is 0 Å². The number of likely N-dealkylation sites (tertiary alicyclic amines) is 1. The topological polar surface area (TPSA) is 3.24 Å². The van der Waals surface area contributed by atoms with Crippen molar-refractivity contribution in [2.75, 3.05) is 18.1 Å². The molecule has 0 aromatic carbocycles. The lowest BCUT2D eigenvalue weighted by Crippen LogP contribution is -2.29. The van der Waals surface area contributed by atoms with Crippen molar-refractivity contribution in [2.24, 2.45) is 0 Å². The van der Waals surface area contributed by atoms with Crippen LogP contribution in [0.1, 0.15) is 19.3 Å². The standard InChI is InChI=1S/C8H14NS/c1-2-5-9(4-1)8-3-6-10-7-8/h4,8H,1-3,5-7H2. The maximum Gasteiger partial charge on any atom is 0.0255 e. The van der Waals surface area contributed by atoms with Crippen LogP contribution in [-0.4, -0.2) is 29.0 Å². The molecule has 2 heteroatoms. The molecular weight excluding hydrogens is 142 g/mol. The van der Waals surface area contributed by atoms with Gasteiger partial charge in [-0.15, -0.1) is 0 Å². The van der Waals surface area contributed by atoms with Gasteiger partial charge in [0.2, 0.25) is 0 Å². The fourth-order valence-corrected chi connectivity index (χ4v) is 2.97. The number of nitrogens with zero attached hydrogens (tertiary/aromatic N) is 1. The third kappa shape index (κ3) is 1.32. The molecule has 1 nitrogen and oxygen atoms in total. The average Bonchev–Trinajstić information content (AvgIpc) is 2.59. The van der Waals surface area contributed by atoms with E-state index in [1.807, 2.05) is 0 Å². The van der Waals surface area contributed by atoms with Crippen LogP contribution in [-0.2, 0) is 0 Å². The highest BCUT2D eigenvalue weighted by Gasteiger charge is 2.24. The second-order valence-electron chi connectivity index (χ2n) is 3.08. The van der Waals surface area contributed by atoms with Crippen LogP contribution in [0.5, 0.6) is 0 Å². The summed E-state index contributed by atoms with van der Waals surface area (Å²) in [6.07, 6.45) is 4.13. The van der Waals surface area contributed by atoms with E-state index in [1.54, 1.807) is 0 Å². The Morgan fingerprint density at radius 2 is 2.50 bits per heavy atom. The van der Waals surface area contributed by atoms with Gasteiger partial charge in [-0.2, -0.15) is 11.8 Å². The second-order valence-corrected chi connectivity index (χ2v) is 4.23. The molecule has 2 fully saturated rings. The molecule has 0 bridgehead atoms. The second kappa shape index (κ2) is 3.14. The van der Waals surface area contributed by atoms with E-state index in [9.17, 15) is 0 Å². The van der Waals surface area contributed by atoms with Crippen molar-refractivity contribution in [3.8, 4) is 0 Å². The van der Waals surface area contributed by atoms with E-state index in [0.29, 0.717) is 0 Å². The smallest absolute Gasteiger partial charge is 0.0255 e. The van der Waals surface area contributed by atoms with Gasteiger partial charge < -0.3 is 0 Å². The van der Waals surface area contributed by atoms with Gasteiger partial charge in [0.25, 0.3) is 0 Å². The molecule has 57 valence electrons. The fourth-order valence-electron chi connectivity index (χ4n) is 1.74. The Labute approximate surface area is 67.2 Å². The summed E-state index contributed by atoms with van der Waals surface area (Å²) in [6.45, 7) is 3.72. The molecule has 2 rings (SSSR count). The minimum atomic E-state index is 0.896. The molecule has 1 radical (unpaired) electrons. The number of rotatable bonds is 1. The molecule has 0 aromatic rings. The first kappa shape index (κ1) is 6.99. The largest absolute Gasteiger partial charge is 0.295 e. The average molecular weight is 156 g/mol. The molecule has 10 heavy (non-hydrogen) atoms. The predicted octanol–water partition coefficient (Wildman–Crippen LogP) is 1.75. The van der Waals surface area contributed by atoms with E-state index in [4.69, 9.17) is 0 Å². The van der Waals surface area contributed by atoms with Crippen molar-refractivity contribution in [2.45, 2.75) is 25.3 Å². The van der Waals surface area contributed by atoms with E-state index < -0.39 is 0 Å². The van der Waals surface area contributed by atoms with Crippen LogP contribution >= 0.6 is 11.8 Å². The monoisotopic (exact) mass is 156 g/mol. The minimum absolute atomic E-state index is 0.896. The lowest BCUT2D eigenvalue weighted by molar-refractivity contribution is 0.303. The van der Waals surface area contributed by atoms with E-state index in [0.717, 1.165) is 6.04 Å². The molecule has 0 spiro atoms. The third-order valence-corrected chi connectivity index (χ3v) is 3.50. The predicted molar refractivity (Wildman–Crippen MR) is 46.0 cm³/mol. The molecule has 2 saturated heterocycles. The van der Waals surface area contributed by atoms with E-state index in [1.165, 1.54) is 37.3 Å². The van der Waals surface area contributed by atoms with E-state index in [-0.39, 0.29) is 0 Å². The first-order valence-corrected chi connectivity index (χ1v) is 5.29. The van der Waals surface area contributed by atoms with Gasteiger partial charge in [-0.1, -0.05) is 0 Å². The molecule has 1 atom stereocenters. The summed E-state index contributed by atoms with van der Waals surface area (Å²) in [6, 6.07) is 0.896. The molecule has 0 aromatic heterocycles. The number of hydrogen-bond acceptors (Lipinski definition) is 2. The summed E-state index contributed by atoms with van der Waals surface area (Å²) in [5.41, 5.74) is 0. The molecule has 0 saturated carbocycles. The molecule has 2 aliphatic heterocycles. The van der Waals surface area contributed by atoms with Crippen LogP contribution in [0.25, 0.3) is 0 Å². The van der Waals surface area contributed by atoms with Crippen LogP contribution in [0.3, 0.4) is 0 Å². The summed E-state index contributed by atoms with van der Waals surface area (Å²) in [5.74, 6) is 2.76. The molecule has 2 heterocycles. The Morgan fingerprint density at radius 3 is 3.10 bits per heavy atom. The van der Waals surface area contributed by atoms with Gasteiger partial charge >= 0.3 is 0 Å². The lowest BCUT2D eigenvalue weighted by atomic mass is 10.2. The molecule has 1 unspecified atom stereocenters. The van der Waals surface area contributed by atoms with Crippen LogP contribution in [0, 0.1) is 6.54 Å². The van der Waals surface area contributed by atoms with Crippen molar-refractivity contribution in [3.63, 3.8) is 0 Å². The maximum absolute atomic E-state index is 2.56. The fraction of sp³-hybridized carbons (Fsp3) is 0.875. The zero-order valence-electron chi connectivity index (χ0n) is 6.25. The normalized spacial score (nSPS) is 35.4. The van der Waals surface area contributed by atoms with Gasteiger partial charge in [0, 0.05) is 18.3 Å². The van der Waals surface area contributed by atoms with E-state index >= 15 is 0 Å². The maximum atomic E-state index is 2.56. The first-order valence-electron chi connectivity index (χ1n) is 4.13. The van der Waals surface area contributed by atoms with Crippen LogP contribution < -0.4 is 0 Å². The zero-order valence-corrected chi connectivity index (χ0v) is 7.07. The van der Waals surface area contributed by atoms with Gasteiger partial charge in [-0.3, -0.25) is 4.90 Å². The van der Waals surface area contributed by atoms with Crippen molar-refractivity contribution in [1.82, 2.24) is 4.90 Å². The number of hydrogen-bond donors (Lipinski definition) is 0. The summed E-state index contributed by atoms with van der Waals surface area (Å²) >= 11 is 2.11. The Bertz CT molecular complexity index is 89.8. The summed E-state index contributed by atoms with van der Waals surface area (Å²) in [5, 5.41) is 0. The van der Waals surface area contributed by atoms with Crippen molar-refractivity contribution in [3.05, 3.63) is 6.54 Å². The molecular formula is C8H14NS. The quantitative estimate of drug-likeness (QED) is 0.569. The molecule has 2 aliphatic rings. The van der Waals surface area contributed by atoms with Gasteiger partial charge in [0.1, 0.15) is 0 Å². The van der Waals surface area contributed by atoms with Crippen molar-refractivity contribution < 1.29 is 0 Å². The van der Waals surface area contributed by atoms with E-state index in [2.05, 4.69) is 23.2 Å². The minimum Gasteiger partial charge on any atom is -0.295 e. The van der Waals surface area contributed by atoms with Gasteiger partial charge in [0.15, 0.2) is 0 Å². The first-order chi connectivity index (χ1) is 4.97. The van der Waals surface area contributed by atoms with Crippen LogP contribution in [0.15, 0.2) is 0 Å². The molecule has 0 aliphatic carbocycles. The van der Waals surface area contributed by atoms with Crippen LogP contribution in [0.4, 0.5) is 0 Å². The highest BCUT2D eigenvalue weighted by Crippen LogP contribution is 2.26. The summed E-state index contributed by atoms with van der Waals surface area (Å²) < 4.78 is 0. The summed E-state index contributed by atoms with van der Waals surface area (Å²) in [7, 11) is 0. The zero-order chi connectivity index (χ0) is 6.81. The summed E-state index contributed by atoms with van der Waals surface area (Å²) in [4.78, 5) is 2.56. The SMILES string of the molecule is [CH]1CCCN1C1CCSC1. The Balaban J connectivity index is 1.85. The van der Waals surface area contributed by atoms with Gasteiger partial charge in [-0.25, -0.2) is 0 Å². The third-order valence-electron chi connectivity index (χ3n) is 2.36. The van der Waals surface area contributed by atoms with Gasteiger partial charge in [0.05, 0.1) is 0 Å². The Hall–Kier alpha value is 0.310. The Kier molecular flexibility index (Phi) is 2.19. The highest BCUT2D eigenvalue weighted by atomic mass is 32.2. The number of thioether (sulfide) groups is 1.